The quantitative estimate of drug-likeness (QED) is 0.589. The molecule has 1 aromatic carbocycles. The minimum Gasteiger partial charge on any atom is -0.490 e. The molecule has 0 saturated carbocycles. The molecule has 0 bridgehead atoms. The summed E-state index contributed by atoms with van der Waals surface area (Å²) in [6.07, 6.45) is 2.04. The number of hydrogen-bond donors (Lipinski definition) is 0. The number of benzene rings is 1. The number of carbonyl (C=O) groups is 1. The van der Waals surface area contributed by atoms with Crippen molar-refractivity contribution in [2.24, 2.45) is 0 Å². The summed E-state index contributed by atoms with van der Waals surface area (Å²) >= 11 is 0. The smallest absolute Gasteiger partial charge is 0.150 e. The van der Waals surface area contributed by atoms with Gasteiger partial charge in [-0.15, -0.1) is 0 Å². The molecule has 2 rings (SSSR count). The highest BCUT2D eigenvalue weighted by atomic mass is 16.5. The Morgan fingerprint density at radius 3 is 3.17 bits per heavy atom. The summed E-state index contributed by atoms with van der Waals surface area (Å²) in [5, 5.41) is 0. The molecule has 1 atom stereocenters. The first-order valence-electron chi connectivity index (χ1n) is 4.04. The van der Waals surface area contributed by atoms with Crippen molar-refractivity contribution in [2.75, 3.05) is 0 Å². The molecule has 0 amide bonds. The molecule has 0 radical (unpaired) electrons. The molecule has 1 aliphatic heterocycles. The Bertz CT molecular complexity index is 318. The van der Waals surface area contributed by atoms with E-state index in [0.717, 1.165) is 18.5 Å². The lowest BCUT2D eigenvalue weighted by Crippen LogP contribution is -2.05. The molecule has 1 aliphatic rings. The van der Waals surface area contributed by atoms with Crippen LogP contribution >= 0.6 is 0 Å². The van der Waals surface area contributed by atoms with Crippen LogP contribution in [0.4, 0.5) is 0 Å². The fraction of sp³-hybridized carbons (Fsp3) is 0.300. The Hall–Kier alpha value is -1.31. The predicted molar refractivity (Wildman–Crippen MR) is 45.6 cm³/mol. The first kappa shape index (κ1) is 7.35. The maximum atomic E-state index is 10.4. The van der Waals surface area contributed by atoms with Gasteiger partial charge in [0.15, 0.2) is 0 Å². The Labute approximate surface area is 71.2 Å². The lowest BCUT2D eigenvalue weighted by Gasteiger charge is -2.01. The van der Waals surface area contributed by atoms with Gasteiger partial charge in [0, 0.05) is 12.0 Å². The molecular weight excluding hydrogens is 152 g/mol. The highest BCUT2D eigenvalue weighted by Crippen LogP contribution is 2.28. The van der Waals surface area contributed by atoms with E-state index >= 15 is 0 Å². The average molecular weight is 162 g/mol. The Balaban J connectivity index is 2.41. The summed E-state index contributed by atoms with van der Waals surface area (Å²) in [7, 11) is 0. The second-order valence-corrected chi connectivity index (χ2v) is 3.12. The minimum atomic E-state index is 0.252. The van der Waals surface area contributed by atoms with E-state index < -0.39 is 0 Å². The van der Waals surface area contributed by atoms with Gasteiger partial charge < -0.3 is 4.74 Å². The van der Waals surface area contributed by atoms with Crippen LogP contribution in [0.15, 0.2) is 18.2 Å². The van der Waals surface area contributed by atoms with Crippen LogP contribution in [0.2, 0.25) is 0 Å². The van der Waals surface area contributed by atoms with Crippen molar-refractivity contribution in [1.82, 2.24) is 0 Å². The molecule has 0 aliphatic carbocycles. The van der Waals surface area contributed by atoms with E-state index in [1.54, 1.807) is 6.07 Å². The van der Waals surface area contributed by atoms with Crippen LogP contribution in [0.3, 0.4) is 0 Å². The predicted octanol–water partition coefficient (Wildman–Crippen LogP) is 1.82. The topological polar surface area (TPSA) is 26.3 Å². The standard InChI is InChI=1S/C10H10O2/c1-7-4-9-3-2-8(6-11)5-10(9)12-7/h2-3,5-7H,4H2,1H3. The van der Waals surface area contributed by atoms with E-state index in [0.29, 0.717) is 5.56 Å². The summed E-state index contributed by atoms with van der Waals surface area (Å²) in [6, 6.07) is 5.58. The van der Waals surface area contributed by atoms with Crippen molar-refractivity contribution in [2.45, 2.75) is 19.4 Å². The van der Waals surface area contributed by atoms with Gasteiger partial charge in [-0.2, -0.15) is 0 Å². The van der Waals surface area contributed by atoms with Gasteiger partial charge in [0.25, 0.3) is 0 Å². The maximum absolute atomic E-state index is 10.4. The van der Waals surface area contributed by atoms with Crippen molar-refractivity contribution in [3.05, 3.63) is 29.3 Å². The highest BCUT2D eigenvalue weighted by Gasteiger charge is 2.18. The van der Waals surface area contributed by atoms with Crippen LogP contribution in [0.1, 0.15) is 22.8 Å². The fourth-order valence-electron chi connectivity index (χ4n) is 1.49. The largest absolute Gasteiger partial charge is 0.490 e. The molecule has 2 nitrogen and oxygen atoms in total. The lowest BCUT2D eigenvalue weighted by molar-refractivity contribution is 0.112. The number of fused-ring (bicyclic) bond motifs is 1. The molecule has 1 heterocycles. The van der Waals surface area contributed by atoms with Gasteiger partial charge in [0.05, 0.1) is 0 Å². The first-order valence-corrected chi connectivity index (χ1v) is 4.04. The lowest BCUT2D eigenvalue weighted by atomic mass is 10.1. The molecule has 0 aromatic heterocycles. The number of carbonyl (C=O) groups excluding carboxylic acids is 1. The molecule has 0 N–H and O–H groups in total. The molecule has 0 fully saturated rings. The van der Waals surface area contributed by atoms with Crippen molar-refractivity contribution >= 4 is 6.29 Å². The maximum Gasteiger partial charge on any atom is 0.150 e. The minimum absolute atomic E-state index is 0.252. The van der Waals surface area contributed by atoms with Crippen molar-refractivity contribution in [1.29, 1.82) is 0 Å². The third kappa shape index (κ3) is 1.09. The van der Waals surface area contributed by atoms with Gasteiger partial charge in [-0.1, -0.05) is 12.1 Å². The van der Waals surface area contributed by atoms with Crippen LogP contribution in [-0.4, -0.2) is 12.4 Å². The van der Waals surface area contributed by atoms with E-state index in [-0.39, 0.29) is 6.10 Å². The summed E-state index contributed by atoms with van der Waals surface area (Å²) in [6.45, 7) is 2.03. The fourth-order valence-corrected chi connectivity index (χ4v) is 1.49. The third-order valence-electron chi connectivity index (χ3n) is 2.06. The number of aldehydes is 1. The van der Waals surface area contributed by atoms with Crippen LogP contribution in [0.5, 0.6) is 5.75 Å². The van der Waals surface area contributed by atoms with E-state index in [2.05, 4.69) is 0 Å². The van der Waals surface area contributed by atoms with Gasteiger partial charge in [0.2, 0.25) is 0 Å². The van der Waals surface area contributed by atoms with Crippen LogP contribution in [0.25, 0.3) is 0 Å². The summed E-state index contributed by atoms with van der Waals surface area (Å²) in [4.78, 5) is 10.4. The van der Waals surface area contributed by atoms with E-state index in [9.17, 15) is 4.79 Å². The zero-order chi connectivity index (χ0) is 8.55. The Kier molecular flexibility index (Phi) is 1.61. The molecule has 12 heavy (non-hydrogen) atoms. The molecule has 2 heteroatoms. The van der Waals surface area contributed by atoms with E-state index in [1.165, 1.54) is 5.56 Å². The van der Waals surface area contributed by atoms with E-state index in [1.807, 2.05) is 19.1 Å². The van der Waals surface area contributed by atoms with Gasteiger partial charge in [-0.3, -0.25) is 4.79 Å². The summed E-state index contributed by atoms with van der Waals surface area (Å²) in [5.41, 5.74) is 1.89. The third-order valence-corrected chi connectivity index (χ3v) is 2.06. The van der Waals surface area contributed by atoms with Crippen molar-refractivity contribution in [3.8, 4) is 5.75 Å². The zero-order valence-electron chi connectivity index (χ0n) is 6.91. The molecular formula is C10H10O2. The molecule has 62 valence electrons. The monoisotopic (exact) mass is 162 g/mol. The van der Waals surface area contributed by atoms with Gasteiger partial charge in [0.1, 0.15) is 18.1 Å². The van der Waals surface area contributed by atoms with Crippen molar-refractivity contribution in [3.63, 3.8) is 0 Å². The Morgan fingerprint density at radius 1 is 1.58 bits per heavy atom. The highest BCUT2D eigenvalue weighted by molar-refractivity contribution is 5.76. The number of hydrogen-bond acceptors (Lipinski definition) is 2. The molecule has 1 unspecified atom stereocenters. The van der Waals surface area contributed by atoms with Crippen LogP contribution in [0, 0.1) is 0 Å². The normalized spacial score (nSPS) is 19.9. The number of ether oxygens (including phenoxy) is 1. The SMILES string of the molecule is CC1Cc2ccc(C=O)cc2O1. The van der Waals surface area contributed by atoms with Crippen molar-refractivity contribution < 1.29 is 9.53 Å². The first-order chi connectivity index (χ1) is 5.79. The zero-order valence-corrected chi connectivity index (χ0v) is 6.91. The Morgan fingerprint density at radius 2 is 2.42 bits per heavy atom. The van der Waals surface area contributed by atoms with Gasteiger partial charge in [-0.05, 0) is 18.6 Å². The second-order valence-electron chi connectivity index (χ2n) is 3.12. The van der Waals surface area contributed by atoms with E-state index in [4.69, 9.17) is 4.74 Å². The number of rotatable bonds is 1. The molecule has 0 spiro atoms. The second kappa shape index (κ2) is 2.63. The van der Waals surface area contributed by atoms with Crippen LogP contribution in [-0.2, 0) is 6.42 Å². The summed E-state index contributed by atoms with van der Waals surface area (Å²) in [5.74, 6) is 0.868. The molecule has 1 aromatic rings. The van der Waals surface area contributed by atoms with Gasteiger partial charge in [-0.25, -0.2) is 0 Å². The summed E-state index contributed by atoms with van der Waals surface area (Å²) < 4.78 is 5.49. The van der Waals surface area contributed by atoms with Crippen LogP contribution < -0.4 is 4.74 Å². The average Bonchev–Trinajstić information content (AvgIpc) is 2.43. The van der Waals surface area contributed by atoms with Gasteiger partial charge >= 0.3 is 0 Å². The molecule has 0 saturated heterocycles.